The maximum absolute atomic E-state index is 14.1. The molecule has 0 fully saturated rings. The second-order valence-electron chi connectivity index (χ2n) is 6.43. The molecule has 0 aromatic heterocycles. The summed E-state index contributed by atoms with van der Waals surface area (Å²) in [4.78, 5) is 23.9. The smallest absolute Gasteiger partial charge is 0.366 e. The molecule has 2 rings (SSSR count). The number of carbonyl (C=O) groups excluding carboxylic acids is 2. The van der Waals surface area contributed by atoms with Gasteiger partial charge >= 0.3 is 18.0 Å². The Morgan fingerprint density at radius 2 is 1.52 bits per heavy atom. The van der Waals surface area contributed by atoms with E-state index >= 15 is 0 Å². The van der Waals surface area contributed by atoms with Gasteiger partial charge in [0.2, 0.25) is 5.91 Å². The van der Waals surface area contributed by atoms with Gasteiger partial charge < -0.3 is 11.1 Å². The highest BCUT2D eigenvalue weighted by molar-refractivity contribution is 6.06. The number of halogens is 7. The molecule has 0 bridgehead atoms. The predicted molar refractivity (Wildman–Crippen MR) is 104 cm³/mol. The molecule has 0 unspecified atom stereocenters. The lowest BCUT2D eigenvalue weighted by molar-refractivity contribution is -0.825. The molecule has 0 aliphatic carbocycles. The van der Waals surface area contributed by atoms with Crippen LogP contribution in [0.15, 0.2) is 36.4 Å². The predicted octanol–water partition coefficient (Wildman–Crippen LogP) is 4.25. The van der Waals surface area contributed by atoms with Crippen LogP contribution in [0.3, 0.4) is 0 Å². The van der Waals surface area contributed by atoms with Crippen LogP contribution in [-0.4, -0.2) is 29.1 Å². The molecule has 33 heavy (non-hydrogen) atoms. The second kappa shape index (κ2) is 10.2. The van der Waals surface area contributed by atoms with E-state index in [9.17, 15) is 40.3 Å². The van der Waals surface area contributed by atoms with Gasteiger partial charge in [0.15, 0.2) is 5.69 Å². The fourth-order valence-corrected chi connectivity index (χ4v) is 2.61. The molecule has 0 spiro atoms. The minimum atomic E-state index is -6.61. The van der Waals surface area contributed by atoms with Gasteiger partial charge in [-0.3, -0.25) is 9.59 Å². The van der Waals surface area contributed by atoms with Gasteiger partial charge in [-0.2, -0.15) is 36.2 Å². The Kier molecular flexibility index (Phi) is 8.58. The average molecular weight is 484 g/mol. The molecule has 0 atom stereocenters. The molecule has 0 aliphatic rings. The molecule has 2 aromatic rings. The summed E-state index contributed by atoms with van der Waals surface area (Å²) in [6.45, 7) is 5.54. The van der Waals surface area contributed by atoms with Gasteiger partial charge in [0.05, 0.1) is 5.56 Å². The zero-order valence-corrected chi connectivity index (χ0v) is 17.5. The maximum atomic E-state index is 14.1. The lowest BCUT2D eigenvalue weighted by Crippen LogP contribution is -2.73. The van der Waals surface area contributed by atoms with E-state index in [1.807, 2.05) is 13.8 Å². The zero-order valence-electron chi connectivity index (χ0n) is 17.5. The molecule has 2 amide bonds. The molecule has 0 aliphatic heterocycles. The van der Waals surface area contributed by atoms with Crippen LogP contribution >= 0.6 is 0 Å². The Balaban J connectivity index is 0.00000265. The molecule has 0 radical (unpaired) electrons. The van der Waals surface area contributed by atoms with Gasteiger partial charge in [-0.05, 0) is 30.7 Å². The van der Waals surface area contributed by atoms with Crippen LogP contribution in [-0.2, 0) is 5.92 Å². The van der Waals surface area contributed by atoms with E-state index in [0.29, 0.717) is 23.2 Å². The van der Waals surface area contributed by atoms with Crippen LogP contribution < -0.4 is 16.5 Å². The van der Waals surface area contributed by atoms with E-state index in [4.69, 9.17) is 10.9 Å². The molecular formula is C20H21F7N3O3+. The van der Waals surface area contributed by atoms with E-state index < -0.39 is 41.0 Å². The quantitative estimate of drug-likeness (QED) is 0.280. The van der Waals surface area contributed by atoms with Crippen molar-refractivity contribution in [2.75, 3.05) is 5.32 Å². The normalized spacial score (nSPS) is 12.0. The third-order valence-electron chi connectivity index (χ3n) is 4.29. The van der Waals surface area contributed by atoms with Gasteiger partial charge in [0.1, 0.15) is 0 Å². The first kappa shape index (κ1) is 27.8. The number of hydrogen-bond donors (Lipinski definition) is 4. The Morgan fingerprint density at radius 1 is 0.939 bits per heavy atom. The number of aryl methyl sites for hydroxylation is 1. The van der Waals surface area contributed by atoms with Crippen molar-refractivity contribution in [2.24, 2.45) is 5.73 Å². The Labute approximate surface area is 183 Å². The molecule has 13 heteroatoms. The van der Waals surface area contributed by atoms with Crippen molar-refractivity contribution in [1.29, 1.82) is 0 Å². The van der Waals surface area contributed by atoms with Crippen LogP contribution in [0.25, 0.3) is 0 Å². The number of rotatable bonds is 6. The minimum Gasteiger partial charge on any atom is -0.366 e. The number of carbonyl (C=O) groups is 2. The molecule has 2 aromatic carbocycles. The zero-order chi connectivity index (χ0) is 25.8. The van der Waals surface area contributed by atoms with E-state index in [2.05, 4.69) is 5.32 Å². The highest BCUT2D eigenvalue weighted by atomic mass is 19.4. The molecule has 182 valence electrons. The summed E-state index contributed by atoms with van der Waals surface area (Å²) in [5.41, 5.74) is 2.66. The third kappa shape index (κ3) is 5.60. The van der Waals surface area contributed by atoms with Crippen LogP contribution in [0.2, 0.25) is 0 Å². The molecule has 6 N–H and O–H groups in total. The van der Waals surface area contributed by atoms with Crippen molar-refractivity contribution in [3.8, 4) is 0 Å². The third-order valence-corrected chi connectivity index (χ3v) is 4.29. The fraction of sp³-hybridized carbons (Fsp3) is 0.300. The molecule has 0 heterocycles. The topological polar surface area (TPSA) is 109 Å². The maximum Gasteiger partial charge on any atom is 0.460 e. The van der Waals surface area contributed by atoms with Crippen LogP contribution in [0, 0.1) is 6.92 Å². The van der Waals surface area contributed by atoms with Gasteiger partial charge in [0.25, 0.3) is 5.91 Å². The van der Waals surface area contributed by atoms with Crippen molar-refractivity contribution in [3.63, 3.8) is 0 Å². The monoisotopic (exact) mass is 484 g/mol. The van der Waals surface area contributed by atoms with E-state index in [-0.39, 0.29) is 23.0 Å². The summed E-state index contributed by atoms with van der Waals surface area (Å²) < 4.78 is 92.2. The van der Waals surface area contributed by atoms with Crippen LogP contribution in [0.4, 0.5) is 42.1 Å². The summed E-state index contributed by atoms with van der Waals surface area (Å²) in [5, 5.41) is 11.2. The van der Waals surface area contributed by atoms with Crippen molar-refractivity contribution < 1.29 is 51.0 Å². The van der Waals surface area contributed by atoms with Crippen molar-refractivity contribution in [3.05, 3.63) is 58.7 Å². The van der Waals surface area contributed by atoms with Crippen molar-refractivity contribution in [1.82, 2.24) is 0 Å². The number of amides is 2. The number of primary amides is 1. The summed E-state index contributed by atoms with van der Waals surface area (Å²) in [5.74, 6) is -14.9. The van der Waals surface area contributed by atoms with Gasteiger partial charge in [-0.25, -0.2) is 5.21 Å². The van der Waals surface area contributed by atoms with Crippen LogP contribution in [0.5, 0.6) is 0 Å². The lowest BCUT2D eigenvalue weighted by Gasteiger charge is -2.29. The second-order valence-corrected chi connectivity index (χ2v) is 6.43. The van der Waals surface area contributed by atoms with Crippen LogP contribution in [0.1, 0.15) is 45.7 Å². The highest BCUT2D eigenvalue weighted by Gasteiger charge is 2.74. The largest absolute Gasteiger partial charge is 0.460 e. The number of nitrogens with one attached hydrogen (secondary N) is 1. The highest BCUT2D eigenvalue weighted by Crippen LogP contribution is 2.52. The Bertz CT molecular complexity index is 1020. The number of benzene rings is 2. The molecular weight excluding hydrogens is 463 g/mol. The Hall–Kier alpha value is -3.19. The first-order valence-electron chi connectivity index (χ1n) is 9.29. The molecule has 0 saturated carbocycles. The van der Waals surface area contributed by atoms with E-state index in [1.54, 1.807) is 0 Å². The van der Waals surface area contributed by atoms with Crippen molar-refractivity contribution in [2.45, 2.75) is 38.8 Å². The van der Waals surface area contributed by atoms with Crippen molar-refractivity contribution >= 4 is 23.2 Å². The number of hydrogen-bond acceptors (Lipinski definition) is 3. The number of anilines is 1. The summed E-state index contributed by atoms with van der Waals surface area (Å²) in [6, 6.07) is 5.47. The van der Waals surface area contributed by atoms with E-state index in [0.717, 1.165) is 0 Å². The summed E-state index contributed by atoms with van der Waals surface area (Å²) in [6.07, 6.45) is -6.61. The summed E-state index contributed by atoms with van der Waals surface area (Å²) >= 11 is 0. The average Bonchev–Trinajstić information content (AvgIpc) is 2.74. The first-order valence-corrected chi connectivity index (χ1v) is 9.29. The molecule has 6 nitrogen and oxygen atoms in total. The first-order chi connectivity index (χ1) is 15.1. The van der Waals surface area contributed by atoms with E-state index in [1.165, 1.54) is 25.1 Å². The minimum absolute atomic E-state index is 0.0291. The standard InChI is InChI=1S/C18H14F7N3O3.C2H6/c1-8-2-3-10(28-31)7-11(8)15(30)27-9-4-5-13(12(6-9)14(26)29)16(19,20)17(21,22)18(23,24)25;1-2/h2-7,28,31H,1H3,(H2,26,29)(H,27,30);1-2H3/p+1. The van der Waals surface area contributed by atoms with Gasteiger partial charge in [-0.15, -0.1) is 0 Å². The Morgan fingerprint density at radius 3 is 2.00 bits per heavy atom. The molecule has 0 saturated heterocycles. The summed E-state index contributed by atoms with van der Waals surface area (Å²) in [7, 11) is 0. The van der Waals surface area contributed by atoms with Gasteiger partial charge in [0, 0.05) is 28.9 Å². The lowest BCUT2D eigenvalue weighted by atomic mass is 9.95. The number of nitrogens with two attached hydrogens (primary N) is 2. The fourth-order valence-electron chi connectivity index (χ4n) is 2.61. The van der Waals surface area contributed by atoms with Gasteiger partial charge in [-0.1, -0.05) is 19.9 Å². The number of quaternary nitrogens is 1. The SMILES string of the molecule is CC.Cc1ccc([NH2+]O)cc1C(=O)Nc1ccc(C(F)(F)C(F)(F)C(F)(F)F)c(C(N)=O)c1. The number of alkyl halides is 7.